The molecular weight excluding hydrogens is 420 g/mol. The highest BCUT2D eigenvalue weighted by atomic mass is 19.3. The highest BCUT2D eigenvalue weighted by molar-refractivity contribution is 5.81. The second kappa shape index (κ2) is 10.8. The predicted molar refractivity (Wildman–Crippen MR) is 113 cm³/mol. The van der Waals surface area contributed by atoms with Crippen LogP contribution in [0.15, 0.2) is 48.5 Å². The van der Waals surface area contributed by atoms with Gasteiger partial charge in [-0.05, 0) is 41.3 Å². The van der Waals surface area contributed by atoms with Crippen LogP contribution in [-0.4, -0.2) is 39.2 Å². The van der Waals surface area contributed by atoms with Crippen molar-refractivity contribution in [3.8, 4) is 17.1 Å². The van der Waals surface area contributed by atoms with Crippen molar-refractivity contribution >= 4 is 5.91 Å². The summed E-state index contributed by atoms with van der Waals surface area (Å²) in [6.45, 7) is 2.83. The van der Waals surface area contributed by atoms with Crippen LogP contribution in [0.3, 0.4) is 0 Å². The van der Waals surface area contributed by atoms with Gasteiger partial charge in [0.25, 0.3) is 0 Å². The summed E-state index contributed by atoms with van der Waals surface area (Å²) in [5.41, 5.74) is 2.35. The molecule has 2 N–H and O–H groups in total. The number of halogens is 2. The fourth-order valence-electron chi connectivity index (χ4n) is 3.15. The van der Waals surface area contributed by atoms with Crippen LogP contribution in [0.25, 0.3) is 11.4 Å². The van der Waals surface area contributed by atoms with Crippen molar-refractivity contribution in [1.29, 1.82) is 0 Å². The lowest BCUT2D eigenvalue weighted by Gasteiger charge is -2.24. The minimum Gasteiger partial charge on any atom is -0.435 e. The maximum Gasteiger partial charge on any atom is 0.387 e. The summed E-state index contributed by atoms with van der Waals surface area (Å²) >= 11 is 0. The Morgan fingerprint density at radius 3 is 2.50 bits per heavy atom. The van der Waals surface area contributed by atoms with Gasteiger partial charge in [0.05, 0.1) is 12.6 Å². The molecule has 0 fully saturated rings. The summed E-state index contributed by atoms with van der Waals surface area (Å²) in [4.78, 5) is 12.9. The topological polar surface area (TPSA) is 102 Å². The van der Waals surface area contributed by atoms with Gasteiger partial charge in [-0.3, -0.25) is 4.79 Å². The predicted octanol–water partition coefficient (Wildman–Crippen LogP) is 3.89. The Hall–Kier alpha value is -3.40. The number of hydrogen-bond acceptors (Lipinski definition) is 6. The van der Waals surface area contributed by atoms with Crippen LogP contribution in [0.4, 0.5) is 8.78 Å². The zero-order valence-corrected chi connectivity index (χ0v) is 18.0. The van der Waals surface area contributed by atoms with E-state index in [0.29, 0.717) is 11.4 Å². The lowest BCUT2D eigenvalue weighted by molar-refractivity contribution is -0.137. The third-order valence-electron chi connectivity index (χ3n) is 4.79. The number of ether oxygens (including phenoxy) is 2. The first-order chi connectivity index (χ1) is 15.3. The van der Waals surface area contributed by atoms with E-state index >= 15 is 0 Å². The number of carbonyl (C=O) groups excluding carboxylic acids is 1. The number of hydrogen-bond donors (Lipinski definition) is 2. The molecule has 0 aliphatic carbocycles. The molecule has 1 unspecified atom stereocenters. The molecule has 0 saturated heterocycles. The van der Waals surface area contributed by atoms with Crippen LogP contribution in [-0.2, 0) is 16.1 Å². The second-order valence-corrected chi connectivity index (χ2v) is 7.59. The van der Waals surface area contributed by atoms with E-state index in [1.54, 1.807) is 12.1 Å². The number of amides is 1. The fourth-order valence-corrected chi connectivity index (χ4v) is 3.15. The van der Waals surface area contributed by atoms with Gasteiger partial charge in [0.2, 0.25) is 11.7 Å². The molecule has 8 nitrogen and oxygen atoms in total. The Morgan fingerprint density at radius 2 is 1.88 bits per heavy atom. The van der Waals surface area contributed by atoms with Crippen molar-refractivity contribution in [2.24, 2.45) is 5.92 Å². The first-order valence-corrected chi connectivity index (χ1v) is 10.1. The van der Waals surface area contributed by atoms with Gasteiger partial charge in [0, 0.05) is 5.56 Å². The molecule has 3 rings (SSSR count). The van der Waals surface area contributed by atoms with Gasteiger partial charge < -0.3 is 14.8 Å². The molecule has 1 amide bonds. The summed E-state index contributed by atoms with van der Waals surface area (Å²) in [7, 11) is 0. The SMILES string of the molecule is CC(C)C(OCc1cccc(OC(F)F)c1)C(=O)N[C@@H](C)c1ccc(-c2nn[nH]n2)cc1. The molecule has 0 saturated carbocycles. The van der Waals surface area contributed by atoms with Crippen molar-refractivity contribution in [3.63, 3.8) is 0 Å². The molecular formula is C22H25F2N5O3. The van der Waals surface area contributed by atoms with Gasteiger partial charge in [0.1, 0.15) is 11.9 Å². The van der Waals surface area contributed by atoms with Crippen LogP contribution in [0.5, 0.6) is 5.75 Å². The highest BCUT2D eigenvalue weighted by Crippen LogP contribution is 2.21. The molecule has 1 heterocycles. The molecule has 170 valence electrons. The summed E-state index contributed by atoms with van der Waals surface area (Å²) in [6, 6.07) is 13.5. The van der Waals surface area contributed by atoms with Crippen LogP contribution >= 0.6 is 0 Å². The normalized spacial score (nSPS) is 13.2. The monoisotopic (exact) mass is 445 g/mol. The number of nitrogens with one attached hydrogen (secondary N) is 2. The van der Waals surface area contributed by atoms with E-state index < -0.39 is 12.7 Å². The van der Waals surface area contributed by atoms with Gasteiger partial charge in [-0.1, -0.05) is 50.2 Å². The molecule has 10 heteroatoms. The smallest absolute Gasteiger partial charge is 0.387 e. The molecule has 0 radical (unpaired) electrons. The summed E-state index contributed by atoms with van der Waals surface area (Å²) in [5, 5.41) is 16.8. The van der Waals surface area contributed by atoms with Gasteiger partial charge in [-0.15, -0.1) is 10.2 Å². The minimum atomic E-state index is -2.90. The van der Waals surface area contributed by atoms with Gasteiger partial charge in [-0.2, -0.15) is 14.0 Å². The van der Waals surface area contributed by atoms with Crippen LogP contribution in [0, 0.1) is 5.92 Å². The van der Waals surface area contributed by atoms with Crippen LogP contribution in [0.2, 0.25) is 0 Å². The maximum atomic E-state index is 12.9. The average molecular weight is 445 g/mol. The van der Waals surface area contributed by atoms with E-state index in [2.05, 4.69) is 30.7 Å². The zero-order chi connectivity index (χ0) is 23.1. The number of nitrogens with zero attached hydrogens (tertiary/aromatic N) is 3. The zero-order valence-electron chi connectivity index (χ0n) is 18.0. The van der Waals surface area contributed by atoms with E-state index in [0.717, 1.165) is 11.1 Å². The molecule has 0 aliphatic heterocycles. The third kappa shape index (κ3) is 6.30. The first kappa shape index (κ1) is 23.3. The van der Waals surface area contributed by atoms with E-state index in [4.69, 9.17) is 4.74 Å². The first-order valence-electron chi connectivity index (χ1n) is 10.1. The van der Waals surface area contributed by atoms with E-state index in [-0.39, 0.29) is 30.2 Å². The Bertz CT molecular complexity index is 997. The van der Waals surface area contributed by atoms with Gasteiger partial charge in [0.15, 0.2) is 0 Å². The highest BCUT2D eigenvalue weighted by Gasteiger charge is 2.25. The lowest BCUT2D eigenvalue weighted by atomic mass is 10.0. The Morgan fingerprint density at radius 1 is 1.12 bits per heavy atom. The number of alkyl halides is 2. The molecule has 2 aromatic carbocycles. The fraction of sp³-hybridized carbons (Fsp3) is 0.364. The van der Waals surface area contributed by atoms with Crippen molar-refractivity contribution in [2.75, 3.05) is 0 Å². The summed E-state index contributed by atoms with van der Waals surface area (Å²) < 4.78 is 35.1. The van der Waals surface area contributed by atoms with Gasteiger partial charge in [-0.25, -0.2) is 0 Å². The van der Waals surface area contributed by atoms with Crippen molar-refractivity contribution in [3.05, 3.63) is 59.7 Å². The number of aromatic amines is 1. The van der Waals surface area contributed by atoms with E-state index in [1.807, 2.05) is 45.0 Å². The molecule has 1 aromatic heterocycles. The number of aromatic nitrogens is 4. The lowest BCUT2D eigenvalue weighted by Crippen LogP contribution is -2.40. The van der Waals surface area contributed by atoms with Crippen LogP contribution in [0.1, 0.15) is 37.9 Å². The molecule has 0 bridgehead atoms. The number of tetrazole rings is 1. The third-order valence-corrected chi connectivity index (χ3v) is 4.79. The van der Waals surface area contributed by atoms with Crippen LogP contribution < -0.4 is 10.1 Å². The standard InChI is InChI=1S/C22H25F2N5O3/c1-13(2)19(31-12-15-5-4-6-18(11-15)32-22(23)24)21(30)25-14(3)16-7-9-17(10-8-16)20-26-28-29-27-20/h4-11,13-14,19,22H,12H2,1-3H3,(H,25,30)(H,26,27,28,29)/t14-,19?/m0/s1. The maximum absolute atomic E-state index is 12.9. The number of carbonyl (C=O) groups is 1. The van der Waals surface area contributed by atoms with E-state index in [9.17, 15) is 13.6 Å². The Balaban J connectivity index is 1.60. The molecule has 0 spiro atoms. The summed E-state index contributed by atoms with van der Waals surface area (Å²) in [5.74, 6) is 0.187. The molecule has 32 heavy (non-hydrogen) atoms. The van der Waals surface area contributed by atoms with Crippen molar-refractivity contribution in [2.45, 2.75) is 46.1 Å². The minimum absolute atomic E-state index is 0.0459. The number of benzene rings is 2. The van der Waals surface area contributed by atoms with Crippen molar-refractivity contribution in [1.82, 2.24) is 25.9 Å². The Labute approximate surface area is 184 Å². The van der Waals surface area contributed by atoms with Gasteiger partial charge >= 0.3 is 6.61 Å². The largest absolute Gasteiger partial charge is 0.435 e. The Kier molecular flexibility index (Phi) is 7.82. The number of rotatable bonds is 10. The quantitative estimate of drug-likeness (QED) is 0.491. The van der Waals surface area contributed by atoms with E-state index in [1.165, 1.54) is 12.1 Å². The molecule has 3 aromatic rings. The number of H-pyrrole nitrogens is 1. The molecule has 0 aliphatic rings. The summed E-state index contributed by atoms with van der Waals surface area (Å²) in [6.07, 6.45) is -0.712. The average Bonchev–Trinajstić information content (AvgIpc) is 3.28. The molecule has 2 atom stereocenters. The second-order valence-electron chi connectivity index (χ2n) is 7.59. The van der Waals surface area contributed by atoms with Crippen molar-refractivity contribution < 1.29 is 23.0 Å².